The third kappa shape index (κ3) is 5.58. The SMILES string of the molecule is COc1cc(OC)c(/C=C2\SC(=Nc3ccccc3)N(Cc3ccc(C(=O)[O-])cc3)C2=O)cc1Br. The maximum atomic E-state index is 13.5. The number of ether oxygens (including phenoxy) is 2. The number of halogens is 1. The maximum Gasteiger partial charge on any atom is 0.267 e. The Morgan fingerprint density at radius 2 is 1.74 bits per heavy atom. The molecule has 7 nitrogen and oxygen atoms in total. The molecule has 0 aromatic heterocycles. The first-order valence-electron chi connectivity index (χ1n) is 10.5. The van der Waals surface area contributed by atoms with E-state index in [2.05, 4.69) is 15.9 Å². The van der Waals surface area contributed by atoms with Gasteiger partial charge in [-0.25, -0.2) is 4.99 Å². The molecule has 9 heteroatoms. The van der Waals surface area contributed by atoms with Crippen LogP contribution in [0.5, 0.6) is 11.5 Å². The van der Waals surface area contributed by atoms with Crippen LogP contribution < -0.4 is 14.6 Å². The molecule has 0 atom stereocenters. The number of hydrogen-bond acceptors (Lipinski definition) is 7. The molecule has 1 heterocycles. The Bertz CT molecular complexity index is 1320. The lowest BCUT2D eigenvalue weighted by Crippen LogP contribution is -2.28. The first-order valence-corrected chi connectivity index (χ1v) is 12.1. The van der Waals surface area contributed by atoms with Crippen LogP contribution in [0, 0.1) is 0 Å². The molecule has 0 aliphatic carbocycles. The first kappa shape index (κ1) is 24.6. The van der Waals surface area contributed by atoms with Crippen LogP contribution in [0.25, 0.3) is 6.08 Å². The normalized spacial score (nSPS) is 15.6. The number of hydrogen-bond donors (Lipinski definition) is 0. The van der Waals surface area contributed by atoms with Crippen LogP contribution >= 0.6 is 27.7 Å². The van der Waals surface area contributed by atoms with Crippen molar-refractivity contribution in [1.29, 1.82) is 0 Å². The van der Waals surface area contributed by atoms with Crippen molar-refractivity contribution in [3.05, 3.63) is 92.8 Å². The smallest absolute Gasteiger partial charge is 0.267 e. The van der Waals surface area contributed by atoms with Crippen LogP contribution in [0.2, 0.25) is 0 Å². The van der Waals surface area contributed by atoms with Crippen LogP contribution in [-0.4, -0.2) is 36.2 Å². The van der Waals surface area contributed by atoms with Crippen LogP contribution in [0.3, 0.4) is 0 Å². The molecular formula is C26H20BrN2O5S-. The van der Waals surface area contributed by atoms with Crippen LogP contribution in [0.1, 0.15) is 21.5 Å². The van der Waals surface area contributed by atoms with Gasteiger partial charge in [0.15, 0.2) is 5.17 Å². The number of thioether (sulfide) groups is 1. The number of benzene rings is 3. The molecule has 1 fully saturated rings. The van der Waals surface area contributed by atoms with Gasteiger partial charge in [0.1, 0.15) is 11.5 Å². The van der Waals surface area contributed by atoms with E-state index in [-0.39, 0.29) is 18.0 Å². The molecule has 1 aliphatic heterocycles. The molecule has 0 unspecified atom stereocenters. The second-order valence-electron chi connectivity index (χ2n) is 7.44. The second-order valence-corrected chi connectivity index (χ2v) is 9.31. The fourth-order valence-corrected chi connectivity index (χ4v) is 4.92. The minimum absolute atomic E-state index is 0.0758. The van der Waals surface area contributed by atoms with E-state index < -0.39 is 5.97 Å². The largest absolute Gasteiger partial charge is 0.545 e. The molecule has 1 aliphatic rings. The van der Waals surface area contributed by atoms with Gasteiger partial charge in [-0.1, -0.05) is 42.5 Å². The van der Waals surface area contributed by atoms with Gasteiger partial charge in [0.25, 0.3) is 5.91 Å². The van der Waals surface area contributed by atoms with E-state index >= 15 is 0 Å². The fourth-order valence-electron chi connectivity index (χ4n) is 3.41. The lowest BCUT2D eigenvalue weighted by Gasteiger charge is -2.16. The molecule has 178 valence electrons. The van der Waals surface area contributed by atoms with Crippen molar-refractivity contribution in [3.8, 4) is 11.5 Å². The Labute approximate surface area is 215 Å². The molecule has 1 amide bonds. The molecule has 0 radical (unpaired) electrons. The molecule has 35 heavy (non-hydrogen) atoms. The zero-order chi connectivity index (χ0) is 24.9. The van der Waals surface area contributed by atoms with E-state index in [1.54, 1.807) is 43.4 Å². The Kier molecular flexibility index (Phi) is 7.57. The summed E-state index contributed by atoms with van der Waals surface area (Å²) in [6, 6.07) is 19.2. The van der Waals surface area contributed by atoms with Crippen LogP contribution in [-0.2, 0) is 11.3 Å². The minimum atomic E-state index is -1.25. The van der Waals surface area contributed by atoms with Gasteiger partial charge in [-0.05, 0) is 63.1 Å². The molecular weight excluding hydrogens is 532 g/mol. The van der Waals surface area contributed by atoms with Gasteiger partial charge in [0.05, 0.1) is 41.8 Å². The lowest BCUT2D eigenvalue weighted by molar-refractivity contribution is -0.255. The fraction of sp³-hybridized carbons (Fsp3) is 0.115. The van der Waals surface area contributed by atoms with Crippen molar-refractivity contribution in [3.63, 3.8) is 0 Å². The first-order chi connectivity index (χ1) is 16.9. The maximum absolute atomic E-state index is 13.5. The average Bonchev–Trinajstić information content (AvgIpc) is 3.14. The zero-order valence-electron chi connectivity index (χ0n) is 18.9. The summed E-state index contributed by atoms with van der Waals surface area (Å²) < 4.78 is 11.6. The summed E-state index contributed by atoms with van der Waals surface area (Å²) in [6.07, 6.45) is 1.76. The average molecular weight is 552 g/mol. The number of carbonyl (C=O) groups excluding carboxylic acids is 2. The number of carboxylic acids is 1. The van der Waals surface area contributed by atoms with Crippen molar-refractivity contribution in [2.75, 3.05) is 14.2 Å². The van der Waals surface area contributed by atoms with E-state index in [4.69, 9.17) is 14.5 Å². The Hall–Kier alpha value is -3.56. The van der Waals surface area contributed by atoms with Gasteiger partial charge in [0, 0.05) is 11.6 Å². The molecule has 4 rings (SSSR count). The quantitative estimate of drug-likeness (QED) is 0.397. The topological polar surface area (TPSA) is 91.3 Å². The zero-order valence-corrected chi connectivity index (χ0v) is 21.3. The predicted octanol–water partition coefficient (Wildman–Crippen LogP) is 4.63. The van der Waals surface area contributed by atoms with Crippen molar-refractivity contribution in [2.45, 2.75) is 6.54 Å². The highest BCUT2D eigenvalue weighted by Crippen LogP contribution is 2.39. The van der Waals surface area contributed by atoms with E-state index in [9.17, 15) is 14.7 Å². The summed E-state index contributed by atoms with van der Waals surface area (Å²) in [7, 11) is 3.12. The van der Waals surface area contributed by atoms with Gasteiger partial charge < -0.3 is 19.4 Å². The Morgan fingerprint density at radius 3 is 2.37 bits per heavy atom. The number of carboxylic acid groups (broad SMARTS) is 1. The molecule has 0 bridgehead atoms. The summed E-state index contributed by atoms with van der Waals surface area (Å²) in [4.78, 5) is 31.3. The van der Waals surface area contributed by atoms with Crippen molar-refractivity contribution in [2.24, 2.45) is 4.99 Å². The molecule has 1 saturated heterocycles. The number of para-hydroxylation sites is 1. The van der Waals surface area contributed by atoms with E-state index in [0.29, 0.717) is 32.8 Å². The highest BCUT2D eigenvalue weighted by Gasteiger charge is 2.34. The highest BCUT2D eigenvalue weighted by atomic mass is 79.9. The number of amides is 1. The molecule has 3 aromatic rings. The number of carbonyl (C=O) groups is 2. The van der Waals surface area contributed by atoms with Crippen molar-refractivity contribution >= 4 is 56.5 Å². The minimum Gasteiger partial charge on any atom is -0.545 e. The van der Waals surface area contributed by atoms with E-state index in [1.165, 1.54) is 23.9 Å². The summed E-state index contributed by atoms with van der Waals surface area (Å²) in [6.45, 7) is 0.228. The van der Waals surface area contributed by atoms with Crippen LogP contribution in [0.15, 0.2) is 81.1 Å². The van der Waals surface area contributed by atoms with E-state index in [0.717, 1.165) is 10.0 Å². The Balaban J connectivity index is 1.72. The number of aliphatic imine (C=N–C) groups is 1. The number of methoxy groups -OCH3 is 2. The summed E-state index contributed by atoms with van der Waals surface area (Å²) in [5.74, 6) is -0.297. The number of amidine groups is 1. The summed E-state index contributed by atoms with van der Waals surface area (Å²) >= 11 is 4.74. The van der Waals surface area contributed by atoms with Crippen LogP contribution in [0.4, 0.5) is 5.69 Å². The van der Waals surface area contributed by atoms with Crippen molar-refractivity contribution in [1.82, 2.24) is 4.90 Å². The monoisotopic (exact) mass is 551 g/mol. The number of aromatic carboxylic acids is 1. The third-order valence-electron chi connectivity index (χ3n) is 5.19. The molecule has 0 N–H and O–H groups in total. The molecule has 0 spiro atoms. The van der Waals surface area contributed by atoms with Gasteiger partial charge in [-0.15, -0.1) is 0 Å². The van der Waals surface area contributed by atoms with Gasteiger partial charge in [-0.3, -0.25) is 9.69 Å². The molecule has 3 aromatic carbocycles. The third-order valence-corrected chi connectivity index (χ3v) is 6.82. The highest BCUT2D eigenvalue weighted by molar-refractivity contribution is 9.10. The number of nitrogens with zero attached hydrogens (tertiary/aromatic N) is 2. The van der Waals surface area contributed by atoms with Gasteiger partial charge in [-0.2, -0.15) is 0 Å². The lowest BCUT2D eigenvalue weighted by atomic mass is 10.1. The standard InChI is InChI=1S/C26H21BrN2O5S/c1-33-21-14-22(34-2)20(27)12-18(21)13-23-24(30)29(15-16-8-10-17(11-9-16)25(31)32)26(35-23)28-19-6-4-3-5-7-19/h3-14H,15H2,1-2H3,(H,31,32)/p-1/b23-13-,28-26?. The predicted molar refractivity (Wildman–Crippen MR) is 138 cm³/mol. The molecule has 0 saturated carbocycles. The second kappa shape index (κ2) is 10.8. The van der Waals surface area contributed by atoms with E-state index in [1.807, 2.05) is 36.4 Å². The summed E-state index contributed by atoms with van der Waals surface area (Å²) in [5, 5.41) is 11.6. The Morgan fingerprint density at radius 1 is 1.06 bits per heavy atom. The van der Waals surface area contributed by atoms with Gasteiger partial charge >= 0.3 is 0 Å². The van der Waals surface area contributed by atoms with Crippen molar-refractivity contribution < 1.29 is 24.2 Å². The number of rotatable bonds is 7. The summed E-state index contributed by atoms with van der Waals surface area (Å²) in [5.41, 5.74) is 2.25. The van der Waals surface area contributed by atoms with Gasteiger partial charge in [0.2, 0.25) is 0 Å².